The highest BCUT2D eigenvalue weighted by Crippen LogP contribution is 2.26. The Morgan fingerprint density at radius 3 is 2.86 bits per heavy atom. The van der Waals surface area contributed by atoms with Crippen LogP contribution in [0.2, 0.25) is 0 Å². The Morgan fingerprint density at radius 1 is 1.50 bits per heavy atom. The topological polar surface area (TPSA) is 58.3 Å². The van der Waals surface area contributed by atoms with E-state index in [-0.39, 0.29) is 6.61 Å². The first-order valence-electron chi connectivity index (χ1n) is 4.54. The van der Waals surface area contributed by atoms with Crippen molar-refractivity contribution < 1.29 is 5.11 Å². The van der Waals surface area contributed by atoms with Gasteiger partial charge >= 0.3 is 0 Å². The van der Waals surface area contributed by atoms with Gasteiger partial charge in [0.2, 0.25) is 0 Å². The van der Waals surface area contributed by atoms with Gasteiger partial charge in [-0.1, -0.05) is 6.07 Å². The fourth-order valence-electron chi connectivity index (χ4n) is 1.32. The highest BCUT2D eigenvalue weighted by atomic mass is 32.2. The summed E-state index contributed by atoms with van der Waals surface area (Å²) in [6.45, 7) is 1.21. The number of benzene rings is 1. The predicted octanol–water partition coefficient (Wildman–Crippen LogP) is 1.27. The summed E-state index contributed by atoms with van der Waals surface area (Å²) in [6.07, 6.45) is 2.03. The molecule has 3 nitrogen and oxygen atoms in total. The molecule has 1 aromatic carbocycles. The van der Waals surface area contributed by atoms with Crippen molar-refractivity contribution >= 4 is 17.4 Å². The van der Waals surface area contributed by atoms with Crippen LogP contribution in [0, 0.1) is 0 Å². The summed E-state index contributed by atoms with van der Waals surface area (Å²) in [6, 6.07) is 6.03. The number of thioether (sulfide) groups is 1. The molecular weight excluding hydrogens is 196 g/mol. The largest absolute Gasteiger partial charge is 0.395 e. The number of hydrogen-bond acceptors (Lipinski definition) is 4. The fourth-order valence-corrected chi connectivity index (χ4v) is 1.98. The summed E-state index contributed by atoms with van der Waals surface area (Å²) in [5, 5.41) is 11.9. The van der Waals surface area contributed by atoms with Gasteiger partial charge in [-0.25, -0.2) is 0 Å². The number of nitrogens with one attached hydrogen (secondary N) is 1. The summed E-state index contributed by atoms with van der Waals surface area (Å²) in [5.41, 5.74) is 7.82. The minimum Gasteiger partial charge on any atom is -0.395 e. The van der Waals surface area contributed by atoms with Crippen molar-refractivity contribution in [3.63, 3.8) is 0 Å². The molecule has 0 saturated carbocycles. The molecule has 1 rings (SSSR count). The van der Waals surface area contributed by atoms with Gasteiger partial charge < -0.3 is 16.2 Å². The Bertz CT molecular complexity index is 291. The van der Waals surface area contributed by atoms with Crippen LogP contribution in [0.3, 0.4) is 0 Å². The molecule has 0 aliphatic carbocycles. The molecule has 0 atom stereocenters. The molecule has 0 heterocycles. The van der Waals surface area contributed by atoms with E-state index in [0.29, 0.717) is 13.1 Å². The number of nitrogens with two attached hydrogens (primary N) is 1. The zero-order chi connectivity index (χ0) is 10.4. The van der Waals surface area contributed by atoms with E-state index in [4.69, 9.17) is 10.8 Å². The maximum absolute atomic E-state index is 8.72. The van der Waals surface area contributed by atoms with Gasteiger partial charge in [0.1, 0.15) is 0 Å². The molecule has 1 aromatic rings. The lowest BCUT2D eigenvalue weighted by atomic mass is 10.2. The van der Waals surface area contributed by atoms with E-state index in [0.717, 1.165) is 11.3 Å². The Kier molecular flexibility index (Phi) is 4.79. The summed E-state index contributed by atoms with van der Waals surface area (Å²) < 4.78 is 0. The fraction of sp³-hybridized carbons (Fsp3) is 0.400. The molecule has 4 N–H and O–H groups in total. The average molecular weight is 212 g/mol. The molecule has 0 amide bonds. The van der Waals surface area contributed by atoms with Crippen molar-refractivity contribution in [1.82, 2.24) is 0 Å². The lowest BCUT2D eigenvalue weighted by Crippen LogP contribution is -2.10. The van der Waals surface area contributed by atoms with Gasteiger partial charge in [-0.2, -0.15) is 0 Å². The van der Waals surface area contributed by atoms with Crippen LogP contribution >= 0.6 is 11.8 Å². The monoisotopic (exact) mass is 212 g/mol. The number of hydrogen-bond donors (Lipinski definition) is 3. The molecule has 14 heavy (non-hydrogen) atoms. The first-order chi connectivity index (χ1) is 6.83. The smallest absolute Gasteiger partial charge is 0.0604 e. The molecule has 0 aromatic heterocycles. The van der Waals surface area contributed by atoms with Gasteiger partial charge in [0.25, 0.3) is 0 Å². The molecule has 0 radical (unpaired) electrons. The van der Waals surface area contributed by atoms with Crippen molar-refractivity contribution in [2.75, 3.05) is 24.7 Å². The lowest BCUT2D eigenvalue weighted by molar-refractivity contribution is 0.311. The number of anilines is 1. The van der Waals surface area contributed by atoms with E-state index in [2.05, 4.69) is 11.4 Å². The third kappa shape index (κ3) is 2.64. The van der Waals surface area contributed by atoms with E-state index in [1.807, 2.05) is 18.4 Å². The first-order valence-corrected chi connectivity index (χ1v) is 5.76. The van der Waals surface area contributed by atoms with E-state index in [1.54, 1.807) is 11.8 Å². The maximum Gasteiger partial charge on any atom is 0.0604 e. The molecule has 0 unspecified atom stereocenters. The van der Waals surface area contributed by atoms with Crippen molar-refractivity contribution in [1.29, 1.82) is 0 Å². The van der Waals surface area contributed by atoms with Crippen molar-refractivity contribution in [3.8, 4) is 0 Å². The summed E-state index contributed by atoms with van der Waals surface area (Å²) in [7, 11) is 0. The Morgan fingerprint density at radius 2 is 2.29 bits per heavy atom. The van der Waals surface area contributed by atoms with Crippen LogP contribution in [0.25, 0.3) is 0 Å². The van der Waals surface area contributed by atoms with Crippen LogP contribution in [0.1, 0.15) is 5.56 Å². The molecular formula is C10H16N2OS. The molecule has 0 saturated heterocycles. The van der Waals surface area contributed by atoms with Crippen molar-refractivity contribution in [2.45, 2.75) is 11.4 Å². The zero-order valence-electron chi connectivity index (χ0n) is 8.29. The number of aliphatic hydroxyl groups is 1. The summed E-state index contributed by atoms with van der Waals surface area (Å²) in [4.78, 5) is 1.19. The van der Waals surface area contributed by atoms with Crippen LogP contribution in [0.5, 0.6) is 0 Å². The predicted molar refractivity (Wildman–Crippen MR) is 61.7 cm³/mol. The van der Waals surface area contributed by atoms with E-state index in [9.17, 15) is 0 Å². The molecule has 4 heteroatoms. The highest BCUT2D eigenvalue weighted by molar-refractivity contribution is 7.98. The zero-order valence-corrected chi connectivity index (χ0v) is 9.10. The third-order valence-electron chi connectivity index (χ3n) is 1.98. The van der Waals surface area contributed by atoms with Gasteiger partial charge in [0.05, 0.1) is 6.61 Å². The van der Waals surface area contributed by atoms with Gasteiger partial charge in [0, 0.05) is 29.2 Å². The molecule has 0 aliphatic heterocycles. The lowest BCUT2D eigenvalue weighted by Gasteiger charge is -2.12. The Labute approximate surface area is 88.7 Å². The van der Waals surface area contributed by atoms with Gasteiger partial charge in [-0.3, -0.25) is 0 Å². The third-order valence-corrected chi connectivity index (χ3v) is 2.81. The first kappa shape index (κ1) is 11.4. The van der Waals surface area contributed by atoms with E-state index >= 15 is 0 Å². The second-order valence-electron chi connectivity index (χ2n) is 2.84. The SMILES string of the molecule is CSc1cccc(NCCO)c1CN. The Hall–Kier alpha value is -0.710. The van der Waals surface area contributed by atoms with Crippen molar-refractivity contribution in [3.05, 3.63) is 23.8 Å². The Balaban J connectivity index is 2.90. The average Bonchev–Trinajstić information content (AvgIpc) is 2.25. The van der Waals surface area contributed by atoms with Crippen LogP contribution in [0.4, 0.5) is 5.69 Å². The van der Waals surface area contributed by atoms with Crippen LogP contribution in [-0.2, 0) is 6.54 Å². The van der Waals surface area contributed by atoms with Gasteiger partial charge in [-0.15, -0.1) is 11.8 Å². The van der Waals surface area contributed by atoms with Crippen LogP contribution < -0.4 is 11.1 Å². The maximum atomic E-state index is 8.72. The summed E-state index contributed by atoms with van der Waals surface area (Å²) >= 11 is 1.69. The van der Waals surface area contributed by atoms with E-state index < -0.39 is 0 Å². The van der Waals surface area contributed by atoms with Crippen molar-refractivity contribution in [2.24, 2.45) is 5.73 Å². The minimum atomic E-state index is 0.132. The van der Waals surface area contributed by atoms with Gasteiger partial charge in [-0.05, 0) is 18.4 Å². The van der Waals surface area contributed by atoms with Crippen LogP contribution in [0.15, 0.2) is 23.1 Å². The molecule has 0 fully saturated rings. The van der Waals surface area contributed by atoms with Crippen LogP contribution in [-0.4, -0.2) is 24.5 Å². The summed E-state index contributed by atoms with van der Waals surface area (Å²) in [5.74, 6) is 0. The minimum absolute atomic E-state index is 0.132. The van der Waals surface area contributed by atoms with Gasteiger partial charge in [0.15, 0.2) is 0 Å². The molecule has 0 spiro atoms. The number of rotatable bonds is 5. The highest BCUT2D eigenvalue weighted by Gasteiger charge is 2.04. The molecule has 0 bridgehead atoms. The molecule has 0 aliphatic rings. The second kappa shape index (κ2) is 5.90. The number of aliphatic hydroxyl groups excluding tert-OH is 1. The quantitative estimate of drug-likeness (QED) is 0.643. The second-order valence-corrected chi connectivity index (χ2v) is 3.69. The van der Waals surface area contributed by atoms with E-state index in [1.165, 1.54) is 4.90 Å². The molecule has 78 valence electrons. The standard InChI is InChI=1S/C10H16N2OS/c1-14-10-4-2-3-9(8(10)7-11)12-5-6-13/h2-4,12-13H,5-7,11H2,1H3. The normalized spacial score (nSPS) is 10.2.